The van der Waals surface area contributed by atoms with Crippen molar-refractivity contribution in [2.45, 2.75) is 45.8 Å². The van der Waals surface area contributed by atoms with Crippen LogP contribution in [0, 0.1) is 0 Å². The van der Waals surface area contributed by atoms with Crippen LogP contribution in [0.15, 0.2) is 36.5 Å². The molecule has 1 fully saturated rings. The van der Waals surface area contributed by atoms with Gasteiger partial charge in [0, 0.05) is 50.1 Å². The number of nitrogens with one attached hydrogen (secondary N) is 1. The van der Waals surface area contributed by atoms with Gasteiger partial charge in [-0.15, -0.1) is 0 Å². The molecule has 2 aliphatic rings. The Bertz CT molecular complexity index is 1280. The fourth-order valence-electron chi connectivity index (χ4n) is 4.71. The summed E-state index contributed by atoms with van der Waals surface area (Å²) in [6, 6.07) is 10.2. The van der Waals surface area contributed by atoms with Crippen LogP contribution >= 0.6 is 0 Å². The number of fused-ring (bicyclic) bond motifs is 2. The summed E-state index contributed by atoms with van der Waals surface area (Å²) < 4.78 is 0. The molecule has 2 aliphatic heterocycles. The minimum atomic E-state index is -0.0717. The lowest BCUT2D eigenvalue weighted by Crippen LogP contribution is -2.36. The summed E-state index contributed by atoms with van der Waals surface area (Å²) in [5.41, 5.74) is 3.10. The quantitative estimate of drug-likeness (QED) is 0.627. The van der Waals surface area contributed by atoms with Crippen LogP contribution in [0.3, 0.4) is 0 Å². The van der Waals surface area contributed by atoms with Crippen molar-refractivity contribution in [1.29, 1.82) is 0 Å². The van der Waals surface area contributed by atoms with Crippen molar-refractivity contribution in [2.24, 2.45) is 0 Å². The summed E-state index contributed by atoms with van der Waals surface area (Å²) in [4.78, 5) is 44.9. The smallest absolute Gasteiger partial charge is 0.273 e. The summed E-state index contributed by atoms with van der Waals surface area (Å²) in [6.07, 6.45) is 2.64. The van der Waals surface area contributed by atoms with Crippen LogP contribution < -0.4 is 15.1 Å². The molecule has 0 spiro atoms. The van der Waals surface area contributed by atoms with Gasteiger partial charge in [-0.2, -0.15) is 4.98 Å². The van der Waals surface area contributed by atoms with Gasteiger partial charge in [0.2, 0.25) is 11.9 Å². The van der Waals surface area contributed by atoms with Gasteiger partial charge in [0.1, 0.15) is 11.5 Å². The predicted molar refractivity (Wildman–Crippen MR) is 131 cm³/mol. The molecular formula is C25H29N7O2. The zero-order valence-corrected chi connectivity index (χ0v) is 19.9. The Morgan fingerprint density at radius 3 is 2.79 bits per heavy atom. The fraction of sp³-hybridized carbons (Fsp3) is 0.400. The highest BCUT2D eigenvalue weighted by Crippen LogP contribution is 2.35. The molecule has 176 valence electrons. The summed E-state index contributed by atoms with van der Waals surface area (Å²) in [7, 11) is 1.95. The number of aromatic nitrogens is 3. The third-order valence-electron chi connectivity index (χ3n) is 6.55. The first-order chi connectivity index (χ1) is 16.3. The Hall–Kier alpha value is -3.75. The number of carbonyl (C=O) groups is 2. The van der Waals surface area contributed by atoms with E-state index in [-0.39, 0.29) is 23.9 Å². The van der Waals surface area contributed by atoms with Crippen molar-refractivity contribution < 1.29 is 9.59 Å². The highest BCUT2D eigenvalue weighted by Gasteiger charge is 2.36. The first-order valence-corrected chi connectivity index (χ1v) is 11.6. The van der Waals surface area contributed by atoms with Gasteiger partial charge in [0.15, 0.2) is 0 Å². The molecule has 1 unspecified atom stereocenters. The third-order valence-corrected chi connectivity index (χ3v) is 6.55. The molecule has 2 amide bonds. The van der Waals surface area contributed by atoms with E-state index in [9.17, 15) is 9.59 Å². The molecule has 1 aromatic carbocycles. The van der Waals surface area contributed by atoms with E-state index in [2.05, 4.69) is 16.4 Å². The molecule has 3 aromatic rings. The lowest BCUT2D eigenvalue weighted by Gasteiger charge is -2.24. The standard InChI is InChI=1S/C25H29N7O2/c1-15(2)32-14-20-22(24(32)34)28-25(31-10-9-18(13-31)27-16(3)33)29-23(20)30(4)19-11-17-7-5-6-8-21(17)26-12-19/h5-8,11-12,15,18H,9-10,13-14H2,1-4H3,(H,27,33). The van der Waals surface area contributed by atoms with Gasteiger partial charge >= 0.3 is 0 Å². The van der Waals surface area contributed by atoms with Gasteiger partial charge in [-0.25, -0.2) is 4.98 Å². The van der Waals surface area contributed by atoms with E-state index in [0.29, 0.717) is 37.1 Å². The van der Waals surface area contributed by atoms with E-state index < -0.39 is 0 Å². The third kappa shape index (κ3) is 3.91. The molecule has 0 aliphatic carbocycles. The van der Waals surface area contributed by atoms with Crippen molar-refractivity contribution in [3.8, 4) is 0 Å². The molecule has 9 nitrogen and oxygen atoms in total. The van der Waals surface area contributed by atoms with Crippen LogP contribution in [-0.2, 0) is 11.3 Å². The number of para-hydroxylation sites is 1. The number of carbonyl (C=O) groups excluding carboxylic acids is 2. The second-order valence-corrected chi connectivity index (χ2v) is 9.28. The molecule has 0 bridgehead atoms. The highest BCUT2D eigenvalue weighted by atomic mass is 16.2. The molecule has 5 rings (SSSR count). The number of hydrogen-bond donors (Lipinski definition) is 1. The topological polar surface area (TPSA) is 94.6 Å². The maximum Gasteiger partial charge on any atom is 0.273 e. The minimum absolute atomic E-state index is 0.0445. The second kappa shape index (κ2) is 8.55. The summed E-state index contributed by atoms with van der Waals surface area (Å²) in [5, 5.41) is 4.01. The van der Waals surface area contributed by atoms with Crippen molar-refractivity contribution in [3.63, 3.8) is 0 Å². The van der Waals surface area contributed by atoms with Crippen LogP contribution in [0.5, 0.6) is 0 Å². The van der Waals surface area contributed by atoms with Crippen LogP contribution in [0.25, 0.3) is 10.9 Å². The fourth-order valence-corrected chi connectivity index (χ4v) is 4.71. The molecule has 1 atom stereocenters. The van der Waals surface area contributed by atoms with Crippen molar-refractivity contribution in [3.05, 3.63) is 47.8 Å². The van der Waals surface area contributed by atoms with E-state index in [0.717, 1.165) is 28.6 Å². The Kier molecular flexibility index (Phi) is 5.55. The van der Waals surface area contributed by atoms with Gasteiger partial charge in [0.05, 0.1) is 23.9 Å². The number of rotatable bonds is 5. The number of pyridine rings is 1. The minimum Gasteiger partial charge on any atom is -0.352 e. The van der Waals surface area contributed by atoms with Gasteiger partial charge in [-0.1, -0.05) is 18.2 Å². The van der Waals surface area contributed by atoms with Crippen molar-refractivity contribution in [1.82, 2.24) is 25.2 Å². The number of benzene rings is 1. The van der Waals surface area contributed by atoms with Gasteiger partial charge in [-0.05, 0) is 32.4 Å². The Labute approximate surface area is 198 Å². The predicted octanol–water partition coefficient (Wildman–Crippen LogP) is 2.87. The normalized spacial score (nSPS) is 17.6. The van der Waals surface area contributed by atoms with Crippen LogP contribution in [-0.4, -0.2) is 63.9 Å². The average molecular weight is 460 g/mol. The van der Waals surface area contributed by atoms with Crippen LogP contribution in [0.2, 0.25) is 0 Å². The van der Waals surface area contributed by atoms with Crippen molar-refractivity contribution in [2.75, 3.05) is 29.9 Å². The zero-order valence-electron chi connectivity index (χ0n) is 19.9. The summed E-state index contributed by atoms with van der Waals surface area (Å²) >= 11 is 0. The Morgan fingerprint density at radius 1 is 1.24 bits per heavy atom. The first kappa shape index (κ1) is 22.1. The molecule has 0 saturated carbocycles. The number of hydrogen-bond acceptors (Lipinski definition) is 7. The number of anilines is 3. The summed E-state index contributed by atoms with van der Waals surface area (Å²) in [6.45, 7) is 7.34. The lowest BCUT2D eigenvalue weighted by atomic mass is 10.2. The molecule has 4 heterocycles. The number of nitrogens with zero attached hydrogens (tertiary/aromatic N) is 6. The van der Waals surface area contributed by atoms with E-state index in [1.165, 1.54) is 6.92 Å². The maximum absolute atomic E-state index is 13.2. The lowest BCUT2D eigenvalue weighted by molar-refractivity contribution is -0.119. The van der Waals surface area contributed by atoms with Gasteiger partial charge in [-0.3, -0.25) is 14.6 Å². The molecule has 1 N–H and O–H groups in total. The zero-order chi connectivity index (χ0) is 24.0. The van der Waals surface area contributed by atoms with E-state index >= 15 is 0 Å². The van der Waals surface area contributed by atoms with Gasteiger partial charge in [0.25, 0.3) is 5.91 Å². The summed E-state index contributed by atoms with van der Waals surface area (Å²) in [5.74, 6) is 1.10. The Morgan fingerprint density at radius 2 is 2.03 bits per heavy atom. The number of amides is 2. The Balaban J connectivity index is 1.56. The van der Waals surface area contributed by atoms with E-state index in [4.69, 9.17) is 9.97 Å². The first-order valence-electron chi connectivity index (χ1n) is 11.6. The van der Waals surface area contributed by atoms with Crippen molar-refractivity contribution >= 4 is 40.2 Å². The molecule has 2 aromatic heterocycles. The largest absolute Gasteiger partial charge is 0.352 e. The van der Waals surface area contributed by atoms with Gasteiger partial charge < -0.3 is 20.0 Å². The molecule has 0 radical (unpaired) electrons. The van der Waals surface area contributed by atoms with Crippen LogP contribution in [0.4, 0.5) is 17.5 Å². The maximum atomic E-state index is 13.2. The SMILES string of the molecule is CC(=O)NC1CCN(c2nc3c(c(N(C)c4cnc5ccccc5c4)n2)CN(C(C)C)C3=O)C1. The molecular weight excluding hydrogens is 430 g/mol. The van der Waals surface area contributed by atoms with E-state index in [1.54, 1.807) is 0 Å². The van der Waals surface area contributed by atoms with E-state index in [1.807, 2.05) is 66.1 Å². The molecule has 34 heavy (non-hydrogen) atoms. The second-order valence-electron chi connectivity index (χ2n) is 9.28. The monoisotopic (exact) mass is 459 g/mol. The highest BCUT2D eigenvalue weighted by molar-refractivity contribution is 5.99. The van der Waals surface area contributed by atoms with Crippen LogP contribution in [0.1, 0.15) is 43.2 Å². The molecule has 9 heteroatoms. The molecule has 1 saturated heterocycles. The average Bonchev–Trinajstić information content (AvgIpc) is 3.42.